The summed E-state index contributed by atoms with van der Waals surface area (Å²) >= 11 is 0. The van der Waals surface area contributed by atoms with Crippen molar-refractivity contribution < 1.29 is 24.5 Å². The Bertz CT molecular complexity index is 1060. The molecule has 0 bridgehead atoms. The number of aliphatic carboxylic acids is 1. The topological polar surface area (TPSA) is 82.7 Å². The average molecular weight is 434 g/mol. The molecule has 0 saturated carbocycles. The van der Waals surface area contributed by atoms with Gasteiger partial charge in [-0.25, -0.2) is 4.39 Å². The van der Waals surface area contributed by atoms with E-state index in [4.69, 9.17) is 5.11 Å². The third-order valence-electron chi connectivity index (χ3n) is 5.00. The number of aliphatic hydroxyl groups excluding tert-OH is 2. The van der Waals surface area contributed by atoms with Crippen molar-refractivity contribution in [3.05, 3.63) is 66.1 Å². The van der Waals surface area contributed by atoms with E-state index in [9.17, 15) is 19.4 Å². The summed E-state index contributed by atoms with van der Waals surface area (Å²) in [6.45, 7) is 4.12. The van der Waals surface area contributed by atoms with Crippen molar-refractivity contribution in [1.82, 2.24) is 4.57 Å². The van der Waals surface area contributed by atoms with E-state index in [2.05, 4.69) is 18.4 Å². The summed E-state index contributed by atoms with van der Waals surface area (Å²) < 4.78 is 15.6. The van der Waals surface area contributed by atoms with Crippen LogP contribution in [0, 0.1) is 5.82 Å². The minimum Gasteiger partial charge on any atom is -0.481 e. The predicted octanol–water partition coefficient (Wildman–Crippen LogP) is 4.25. The number of fused-ring (bicyclic) bond motifs is 1. The van der Waals surface area contributed by atoms with Gasteiger partial charge in [-0.3, -0.25) is 4.79 Å². The van der Waals surface area contributed by atoms with Gasteiger partial charge in [-0.2, -0.15) is 0 Å². The second kappa shape index (κ2) is 11.1. The van der Waals surface area contributed by atoms with E-state index in [0.29, 0.717) is 0 Å². The van der Waals surface area contributed by atoms with Crippen LogP contribution < -0.4 is 0 Å². The monoisotopic (exact) mass is 434 g/mol. The molecule has 3 rings (SSSR count). The van der Waals surface area contributed by atoms with Crippen molar-refractivity contribution in [3.63, 3.8) is 0 Å². The van der Waals surface area contributed by atoms with Gasteiger partial charge in [0.25, 0.3) is 0 Å². The van der Waals surface area contributed by atoms with Crippen molar-refractivity contribution >= 4 is 52.5 Å². The first-order valence-electron chi connectivity index (χ1n) is 9.93. The summed E-state index contributed by atoms with van der Waals surface area (Å²) in [7, 11) is 0. The molecule has 0 saturated heterocycles. The summed E-state index contributed by atoms with van der Waals surface area (Å²) in [4.78, 5) is 10.7. The first-order chi connectivity index (χ1) is 14.3. The van der Waals surface area contributed by atoms with Gasteiger partial charge < -0.3 is 19.9 Å². The van der Waals surface area contributed by atoms with Gasteiger partial charge in [0.15, 0.2) is 0 Å². The van der Waals surface area contributed by atoms with E-state index in [0.717, 1.165) is 27.7 Å². The fourth-order valence-corrected chi connectivity index (χ4v) is 3.77. The molecule has 159 valence electrons. The minimum absolute atomic E-state index is 0. The molecule has 2 aromatic carbocycles. The van der Waals surface area contributed by atoms with Crippen molar-refractivity contribution in [2.45, 2.75) is 44.9 Å². The smallest absolute Gasteiger partial charge is 0.305 e. The molecule has 2 atom stereocenters. The Morgan fingerprint density at radius 2 is 1.74 bits per heavy atom. The second-order valence-corrected chi connectivity index (χ2v) is 7.66. The van der Waals surface area contributed by atoms with Crippen LogP contribution in [0.4, 0.5) is 4.39 Å². The van der Waals surface area contributed by atoms with Gasteiger partial charge in [0.1, 0.15) is 5.82 Å². The summed E-state index contributed by atoms with van der Waals surface area (Å²) in [6.07, 6.45) is 0.727. The van der Waals surface area contributed by atoms with Crippen LogP contribution >= 0.6 is 0 Å². The van der Waals surface area contributed by atoms with Crippen LogP contribution in [0.5, 0.6) is 0 Å². The molecule has 0 spiro atoms. The maximum atomic E-state index is 13.5. The van der Waals surface area contributed by atoms with E-state index in [-0.39, 0.29) is 47.8 Å². The van der Waals surface area contributed by atoms with Gasteiger partial charge in [0, 0.05) is 64.2 Å². The molecule has 0 fully saturated rings. The van der Waals surface area contributed by atoms with Crippen molar-refractivity contribution in [2.75, 3.05) is 0 Å². The van der Waals surface area contributed by atoms with Crippen molar-refractivity contribution in [1.29, 1.82) is 0 Å². The third-order valence-corrected chi connectivity index (χ3v) is 5.00. The van der Waals surface area contributed by atoms with Gasteiger partial charge in [-0.1, -0.05) is 36.4 Å². The molecule has 0 unspecified atom stereocenters. The number of carboxylic acids is 1. The molecule has 0 amide bonds. The molecule has 0 aliphatic heterocycles. The predicted molar refractivity (Wildman–Crippen MR) is 121 cm³/mol. The van der Waals surface area contributed by atoms with E-state index in [1.807, 2.05) is 24.3 Å². The molecule has 0 aliphatic carbocycles. The zero-order chi connectivity index (χ0) is 21.8. The quantitative estimate of drug-likeness (QED) is 0.463. The number of carboxylic acid groups (broad SMARTS) is 1. The Balaban J connectivity index is 0.00000341. The Labute approximate surface area is 203 Å². The number of aliphatic hydroxyl groups is 2. The molecule has 7 heteroatoms. The van der Waals surface area contributed by atoms with Crippen LogP contribution in [0.15, 0.2) is 54.6 Å². The zero-order valence-electron chi connectivity index (χ0n) is 18.0. The number of hydrogen-bond acceptors (Lipinski definition) is 3. The fourth-order valence-electron chi connectivity index (χ4n) is 3.77. The largest absolute Gasteiger partial charge is 0.481 e. The Kier molecular flexibility index (Phi) is 9.03. The Morgan fingerprint density at radius 1 is 1.10 bits per heavy atom. The van der Waals surface area contributed by atoms with E-state index >= 15 is 0 Å². The molecule has 31 heavy (non-hydrogen) atoms. The number of aromatic nitrogens is 1. The van der Waals surface area contributed by atoms with Crippen molar-refractivity contribution in [3.8, 4) is 11.1 Å². The van der Waals surface area contributed by atoms with E-state index in [1.165, 1.54) is 12.1 Å². The molecule has 1 radical (unpaired) electrons. The standard InChI is InChI=1S/C24H26FNO4.Na/c1-15(2)26-21-6-4-3-5-20(21)24(16-7-9-17(25)10-8-16)22(26)12-11-18(27)13-19(28)14-23(29)30;/h3-12,15,18-19,27-28H,13-14H2,1-2H3,(H,29,30);/b12-11+;/t18-,19+;/m1./s1. The Hall–Kier alpha value is -1.96. The van der Waals surface area contributed by atoms with E-state index < -0.39 is 24.6 Å². The van der Waals surface area contributed by atoms with E-state index in [1.54, 1.807) is 24.3 Å². The van der Waals surface area contributed by atoms with Crippen LogP contribution in [0.1, 0.15) is 38.4 Å². The van der Waals surface area contributed by atoms with Crippen LogP contribution in [-0.4, -0.2) is 67.6 Å². The molecular formula is C24H26FNNaO4. The van der Waals surface area contributed by atoms with Gasteiger partial charge in [0.05, 0.1) is 18.6 Å². The van der Waals surface area contributed by atoms with Crippen molar-refractivity contribution in [2.24, 2.45) is 0 Å². The molecular weight excluding hydrogens is 408 g/mol. The molecule has 1 heterocycles. The summed E-state index contributed by atoms with van der Waals surface area (Å²) in [5.74, 6) is -1.43. The number of carbonyl (C=O) groups is 1. The summed E-state index contributed by atoms with van der Waals surface area (Å²) in [5.41, 5.74) is 3.65. The maximum absolute atomic E-state index is 13.5. The zero-order valence-corrected chi connectivity index (χ0v) is 20.0. The average Bonchev–Trinajstić information content (AvgIpc) is 3.00. The van der Waals surface area contributed by atoms with Crippen LogP contribution in [0.3, 0.4) is 0 Å². The summed E-state index contributed by atoms with van der Waals surface area (Å²) in [6, 6.07) is 14.4. The molecule has 3 N–H and O–H groups in total. The molecule has 3 aromatic rings. The molecule has 1 aromatic heterocycles. The van der Waals surface area contributed by atoms with Gasteiger partial charge in [-0.15, -0.1) is 0 Å². The number of halogens is 1. The van der Waals surface area contributed by atoms with Crippen LogP contribution in [0.25, 0.3) is 28.1 Å². The number of rotatable bonds is 8. The minimum atomic E-state index is -1.13. The first-order valence-corrected chi connectivity index (χ1v) is 9.93. The SMILES string of the molecule is CC(C)n1c(/C=C/[C@@H](O)C[C@H](O)CC(=O)O)c(-c2ccc(F)cc2)c2ccccc21.[Na]. The maximum Gasteiger partial charge on any atom is 0.305 e. The van der Waals surface area contributed by atoms with Gasteiger partial charge in [0.2, 0.25) is 0 Å². The number of benzene rings is 2. The van der Waals surface area contributed by atoms with Crippen LogP contribution in [0.2, 0.25) is 0 Å². The Morgan fingerprint density at radius 3 is 2.35 bits per heavy atom. The number of nitrogens with zero attached hydrogens (tertiary/aromatic N) is 1. The molecule has 5 nitrogen and oxygen atoms in total. The van der Waals surface area contributed by atoms with Gasteiger partial charge in [-0.05, 0) is 43.7 Å². The molecule has 0 aliphatic rings. The third kappa shape index (κ3) is 6.05. The number of hydrogen-bond donors (Lipinski definition) is 3. The van der Waals surface area contributed by atoms with Gasteiger partial charge >= 0.3 is 5.97 Å². The number of para-hydroxylation sites is 1. The first kappa shape index (κ1) is 25.3. The second-order valence-electron chi connectivity index (χ2n) is 7.66. The van der Waals surface area contributed by atoms with Crippen LogP contribution in [-0.2, 0) is 4.79 Å². The fraction of sp³-hybridized carbons (Fsp3) is 0.292. The summed E-state index contributed by atoms with van der Waals surface area (Å²) in [5, 5.41) is 29.9. The normalized spacial score (nSPS) is 13.5.